The van der Waals surface area contributed by atoms with E-state index in [-0.39, 0.29) is 25.1 Å². The molecule has 2 heterocycles. The predicted molar refractivity (Wildman–Crippen MR) is 92.2 cm³/mol. The lowest BCUT2D eigenvalue weighted by Crippen LogP contribution is -2.37. The van der Waals surface area contributed by atoms with E-state index in [1.54, 1.807) is 15.8 Å². The van der Waals surface area contributed by atoms with Gasteiger partial charge in [0.2, 0.25) is 0 Å². The summed E-state index contributed by atoms with van der Waals surface area (Å²) in [6, 6.07) is 7.73. The van der Waals surface area contributed by atoms with Crippen LogP contribution in [0.15, 0.2) is 30.5 Å². The second-order valence-corrected chi connectivity index (χ2v) is 6.88. The number of likely N-dealkylation sites (tertiary alicyclic amines) is 1. The highest BCUT2D eigenvalue weighted by molar-refractivity contribution is 5.78. The van der Waals surface area contributed by atoms with Crippen molar-refractivity contribution in [2.24, 2.45) is 0 Å². The molecular weight excluding hydrogens is 320 g/mol. The first kappa shape index (κ1) is 17.4. The minimum atomic E-state index is -1.15. The molecule has 0 bridgehead atoms. The van der Waals surface area contributed by atoms with Crippen molar-refractivity contribution in [2.45, 2.75) is 38.8 Å². The van der Waals surface area contributed by atoms with Crippen LogP contribution in [0.4, 0.5) is 0 Å². The van der Waals surface area contributed by atoms with Crippen molar-refractivity contribution < 1.29 is 14.6 Å². The zero-order valence-corrected chi connectivity index (χ0v) is 14.8. The summed E-state index contributed by atoms with van der Waals surface area (Å²) in [7, 11) is 0. The lowest BCUT2D eigenvalue weighted by molar-refractivity contribution is -0.133. The van der Waals surface area contributed by atoms with Crippen LogP contribution in [0.2, 0.25) is 0 Å². The van der Waals surface area contributed by atoms with Crippen molar-refractivity contribution in [3.05, 3.63) is 41.7 Å². The van der Waals surface area contributed by atoms with Crippen LogP contribution < -0.4 is 4.74 Å². The standard InChI is InChI=1S/C18H24N4O3/c1-13(2)22-10-16(19-20-22)18(24)8-9-21(12-18)17(23)11-25-15-6-4-14(3)5-7-15/h4-7,10,13,24H,8-9,11-12H2,1-3H3/t18-/m1/s1. The number of benzene rings is 1. The van der Waals surface area contributed by atoms with Gasteiger partial charge in [-0.05, 0) is 32.9 Å². The van der Waals surface area contributed by atoms with Crippen LogP contribution in [-0.2, 0) is 10.4 Å². The molecule has 3 rings (SSSR count). The monoisotopic (exact) mass is 344 g/mol. The van der Waals surface area contributed by atoms with Gasteiger partial charge >= 0.3 is 0 Å². The van der Waals surface area contributed by atoms with Crippen molar-refractivity contribution in [1.82, 2.24) is 19.9 Å². The molecule has 1 aromatic carbocycles. The fraction of sp³-hybridized carbons (Fsp3) is 0.500. The molecule has 1 fully saturated rings. The van der Waals surface area contributed by atoms with Crippen LogP contribution in [0.1, 0.15) is 37.6 Å². The highest BCUT2D eigenvalue weighted by Gasteiger charge is 2.42. The number of aliphatic hydroxyl groups is 1. The minimum absolute atomic E-state index is 0.0438. The number of hydrogen-bond acceptors (Lipinski definition) is 5. The van der Waals surface area contributed by atoms with Gasteiger partial charge < -0.3 is 14.7 Å². The summed E-state index contributed by atoms with van der Waals surface area (Å²) in [5, 5.41) is 19.0. The van der Waals surface area contributed by atoms with Crippen LogP contribution >= 0.6 is 0 Å². The normalized spacial score (nSPS) is 20.3. The maximum atomic E-state index is 12.4. The third kappa shape index (κ3) is 3.82. The molecule has 0 saturated carbocycles. The number of amides is 1. The van der Waals surface area contributed by atoms with Gasteiger partial charge in [0.15, 0.2) is 6.61 Å². The zero-order valence-electron chi connectivity index (χ0n) is 14.8. The van der Waals surface area contributed by atoms with E-state index < -0.39 is 5.60 Å². The van der Waals surface area contributed by atoms with Crippen molar-refractivity contribution in [1.29, 1.82) is 0 Å². The molecule has 0 unspecified atom stereocenters. The van der Waals surface area contributed by atoms with E-state index in [0.29, 0.717) is 24.4 Å². The second-order valence-electron chi connectivity index (χ2n) is 6.88. The first-order chi connectivity index (χ1) is 11.9. The van der Waals surface area contributed by atoms with Gasteiger partial charge in [-0.3, -0.25) is 4.79 Å². The van der Waals surface area contributed by atoms with Crippen LogP contribution in [-0.4, -0.2) is 50.6 Å². The van der Waals surface area contributed by atoms with Gasteiger partial charge in [-0.15, -0.1) is 5.10 Å². The summed E-state index contributed by atoms with van der Waals surface area (Å²) >= 11 is 0. The third-order valence-corrected chi connectivity index (χ3v) is 4.50. The number of hydrogen-bond donors (Lipinski definition) is 1. The Labute approximate surface area is 147 Å². The molecule has 1 aromatic heterocycles. The molecule has 1 saturated heterocycles. The van der Waals surface area contributed by atoms with E-state index in [1.807, 2.05) is 45.0 Å². The van der Waals surface area contributed by atoms with E-state index >= 15 is 0 Å². The highest BCUT2D eigenvalue weighted by atomic mass is 16.5. The molecule has 2 aromatic rings. The maximum absolute atomic E-state index is 12.4. The van der Waals surface area contributed by atoms with Crippen LogP contribution in [0.5, 0.6) is 5.75 Å². The van der Waals surface area contributed by atoms with Crippen LogP contribution in [0, 0.1) is 6.92 Å². The number of aromatic nitrogens is 3. The third-order valence-electron chi connectivity index (χ3n) is 4.50. The number of rotatable bonds is 5. The van der Waals surface area contributed by atoms with Crippen LogP contribution in [0.3, 0.4) is 0 Å². The molecule has 1 N–H and O–H groups in total. The first-order valence-electron chi connectivity index (χ1n) is 8.49. The summed E-state index contributed by atoms with van der Waals surface area (Å²) in [6.07, 6.45) is 2.20. The Morgan fingerprint density at radius 3 is 2.72 bits per heavy atom. The molecule has 1 atom stereocenters. The van der Waals surface area contributed by atoms with Crippen molar-refractivity contribution >= 4 is 5.91 Å². The van der Waals surface area contributed by atoms with Gasteiger partial charge in [0.1, 0.15) is 17.0 Å². The molecule has 0 spiro atoms. The Morgan fingerprint density at radius 2 is 2.08 bits per heavy atom. The summed E-state index contributed by atoms with van der Waals surface area (Å²) in [4.78, 5) is 14.0. The number of carbonyl (C=O) groups is 1. The number of aryl methyl sites for hydroxylation is 1. The van der Waals surface area contributed by atoms with E-state index in [9.17, 15) is 9.90 Å². The number of ether oxygens (including phenoxy) is 1. The largest absolute Gasteiger partial charge is 0.484 e. The molecule has 25 heavy (non-hydrogen) atoms. The zero-order chi connectivity index (χ0) is 18.0. The lowest BCUT2D eigenvalue weighted by atomic mass is 10.00. The quantitative estimate of drug-likeness (QED) is 0.892. The topological polar surface area (TPSA) is 80.5 Å². The van der Waals surface area contributed by atoms with Crippen molar-refractivity contribution in [3.8, 4) is 5.75 Å². The average molecular weight is 344 g/mol. The number of carbonyl (C=O) groups excluding carboxylic acids is 1. The molecule has 1 aliphatic heterocycles. The van der Waals surface area contributed by atoms with E-state index in [1.165, 1.54) is 0 Å². The molecule has 7 nitrogen and oxygen atoms in total. The molecular formula is C18H24N4O3. The first-order valence-corrected chi connectivity index (χ1v) is 8.49. The summed E-state index contributed by atoms with van der Waals surface area (Å²) < 4.78 is 7.25. The van der Waals surface area contributed by atoms with Gasteiger partial charge in [-0.2, -0.15) is 0 Å². The number of nitrogens with zero attached hydrogens (tertiary/aromatic N) is 4. The summed E-state index contributed by atoms with van der Waals surface area (Å²) in [6.45, 7) is 6.62. The van der Waals surface area contributed by atoms with Gasteiger partial charge in [-0.1, -0.05) is 22.9 Å². The van der Waals surface area contributed by atoms with Gasteiger partial charge in [0.25, 0.3) is 5.91 Å². The Hall–Kier alpha value is -2.41. The van der Waals surface area contributed by atoms with Gasteiger partial charge in [0, 0.05) is 19.0 Å². The molecule has 1 aliphatic rings. The average Bonchev–Trinajstić information content (AvgIpc) is 3.22. The van der Waals surface area contributed by atoms with Crippen molar-refractivity contribution in [3.63, 3.8) is 0 Å². The van der Waals surface area contributed by atoms with Gasteiger partial charge in [0.05, 0.1) is 12.7 Å². The number of β-amino-alcohol motifs (C(OH)–C–C–N with tert-alkyl or cyclic N) is 1. The molecule has 1 amide bonds. The van der Waals surface area contributed by atoms with E-state index in [4.69, 9.17) is 4.74 Å². The summed E-state index contributed by atoms with van der Waals surface area (Å²) in [5.41, 5.74) is 0.501. The minimum Gasteiger partial charge on any atom is -0.484 e. The molecule has 134 valence electrons. The fourth-order valence-electron chi connectivity index (χ4n) is 2.83. The molecule has 7 heteroatoms. The smallest absolute Gasteiger partial charge is 0.260 e. The van der Waals surface area contributed by atoms with E-state index in [0.717, 1.165) is 5.56 Å². The van der Waals surface area contributed by atoms with E-state index in [2.05, 4.69) is 10.3 Å². The maximum Gasteiger partial charge on any atom is 0.260 e. The van der Waals surface area contributed by atoms with Crippen LogP contribution in [0.25, 0.3) is 0 Å². The van der Waals surface area contributed by atoms with Crippen molar-refractivity contribution in [2.75, 3.05) is 19.7 Å². The Balaban J connectivity index is 1.59. The lowest BCUT2D eigenvalue weighted by Gasteiger charge is -2.21. The SMILES string of the molecule is Cc1ccc(OCC(=O)N2CC[C@](O)(c3cn(C(C)C)nn3)C2)cc1. The predicted octanol–water partition coefficient (Wildman–Crippen LogP) is 1.67. The Bertz CT molecular complexity index is 741. The van der Waals surface area contributed by atoms with Gasteiger partial charge in [-0.25, -0.2) is 4.68 Å². The second kappa shape index (κ2) is 6.84. The Morgan fingerprint density at radius 1 is 1.36 bits per heavy atom. The fourth-order valence-corrected chi connectivity index (χ4v) is 2.83. The highest BCUT2D eigenvalue weighted by Crippen LogP contribution is 2.30. The summed E-state index contributed by atoms with van der Waals surface area (Å²) in [5.74, 6) is 0.515. The molecule has 0 aliphatic carbocycles. The Kier molecular flexibility index (Phi) is 4.76. The molecule has 0 radical (unpaired) electrons.